The third-order valence-corrected chi connectivity index (χ3v) is 8.53. The number of rotatable bonds is 9. The summed E-state index contributed by atoms with van der Waals surface area (Å²) in [4.78, 5) is 13.2. The highest BCUT2D eigenvalue weighted by molar-refractivity contribution is 6.32. The van der Waals surface area contributed by atoms with Gasteiger partial charge < -0.3 is 25.2 Å². The largest absolute Gasteiger partial charge is 0.489 e. The number of ether oxygens (including phenoxy) is 2. The first kappa shape index (κ1) is 31.0. The second-order valence-electron chi connectivity index (χ2n) is 11.0. The van der Waals surface area contributed by atoms with Crippen molar-refractivity contribution in [3.05, 3.63) is 63.1 Å². The molecule has 0 bridgehead atoms. The van der Waals surface area contributed by atoms with Crippen LogP contribution >= 0.6 is 23.2 Å². The van der Waals surface area contributed by atoms with Crippen molar-refractivity contribution in [1.82, 2.24) is 4.90 Å². The number of likely N-dealkylation sites (tertiary alicyclic amines) is 1. The predicted molar refractivity (Wildman–Crippen MR) is 152 cm³/mol. The summed E-state index contributed by atoms with van der Waals surface area (Å²) in [5.41, 5.74) is 6.74. The molecule has 2 aromatic rings. The molecule has 1 amide bonds. The number of carbonyl (C=O) groups excluding carboxylic acids is 1. The maximum Gasteiger partial charge on any atom is 0.327 e. The second-order valence-corrected chi connectivity index (χ2v) is 11.9. The lowest BCUT2D eigenvalue weighted by Crippen LogP contribution is -2.42. The molecule has 0 spiro atoms. The SMILES string of the molecule is NC(=O)C(F)(F)C1Cc2ccc(Cl)cc2C1.OC1(COc2ccc(CCCN3CCCC3)cc2Cl)CCOCC1. The smallest absolute Gasteiger partial charge is 0.327 e. The number of fused-ring (bicyclic) bond motifs is 1. The molecule has 0 radical (unpaired) electrons. The molecule has 0 aromatic heterocycles. The van der Waals surface area contributed by atoms with Crippen LogP contribution in [0.4, 0.5) is 8.78 Å². The maximum absolute atomic E-state index is 13.4. The van der Waals surface area contributed by atoms with Crippen LogP contribution in [-0.2, 0) is 28.8 Å². The molecule has 10 heteroatoms. The Balaban J connectivity index is 0.000000201. The van der Waals surface area contributed by atoms with Gasteiger partial charge in [0.1, 0.15) is 18.0 Å². The zero-order valence-corrected chi connectivity index (χ0v) is 24.2. The molecule has 2 saturated heterocycles. The third-order valence-electron chi connectivity index (χ3n) is 8.00. The molecule has 1 aliphatic carbocycles. The molecule has 2 aromatic carbocycles. The van der Waals surface area contributed by atoms with Crippen LogP contribution in [0.5, 0.6) is 5.75 Å². The van der Waals surface area contributed by atoms with Gasteiger partial charge in [0.2, 0.25) is 0 Å². The van der Waals surface area contributed by atoms with Crippen molar-refractivity contribution in [2.24, 2.45) is 11.7 Å². The number of aliphatic hydroxyl groups is 1. The van der Waals surface area contributed by atoms with E-state index in [-0.39, 0.29) is 19.4 Å². The first-order valence-electron chi connectivity index (χ1n) is 13.9. The second kappa shape index (κ2) is 13.8. The van der Waals surface area contributed by atoms with Gasteiger partial charge in [0, 0.05) is 37.0 Å². The molecule has 0 saturated carbocycles. The van der Waals surface area contributed by atoms with Gasteiger partial charge in [-0.15, -0.1) is 0 Å². The number of benzene rings is 2. The Morgan fingerprint density at radius 3 is 2.48 bits per heavy atom. The van der Waals surface area contributed by atoms with E-state index in [1.54, 1.807) is 18.2 Å². The number of nitrogens with zero attached hydrogens (tertiary/aromatic N) is 1. The van der Waals surface area contributed by atoms with Crippen LogP contribution in [0.3, 0.4) is 0 Å². The highest BCUT2D eigenvalue weighted by Gasteiger charge is 2.47. The Bertz CT molecular complexity index is 1150. The number of nitrogens with two attached hydrogens (primary N) is 1. The summed E-state index contributed by atoms with van der Waals surface area (Å²) < 4.78 is 37.9. The van der Waals surface area contributed by atoms with Gasteiger partial charge in [-0.1, -0.05) is 35.3 Å². The molecule has 2 fully saturated rings. The van der Waals surface area contributed by atoms with Gasteiger partial charge in [0.05, 0.1) is 5.02 Å². The van der Waals surface area contributed by atoms with Gasteiger partial charge in [0.15, 0.2) is 0 Å². The minimum atomic E-state index is -3.45. The summed E-state index contributed by atoms with van der Waals surface area (Å²) in [5.74, 6) is -5.40. The van der Waals surface area contributed by atoms with Crippen LogP contribution in [0.25, 0.3) is 0 Å². The standard InChI is InChI=1S/C19H28ClNO3.C11H10ClF2NO/c20-17-14-16(4-3-11-21-9-1-2-10-21)5-6-18(17)24-15-19(22)7-12-23-13-8-19;12-9-2-1-6-3-8(4-7(6)5-9)11(13,14)10(15)16/h5-6,14,22H,1-4,7-13,15H2;1-2,5,8H,3-4H2,(H2,15,16). The fraction of sp³-hybridized carbons (Fsp3) is 0.567. The molecule has 220 valence electrons. The first-order chi connectivity index (χ1) is 19.1. The number of hydrogen-bond donors (Lipinski definition) is 2. The van der Waals surface area contributed by atoms with E-state index < -0.39 is 23.3 Å². The number of halogens is 4. The van der Waals surface area contributed by atoms with Crippen molar-refractivity contribution < 1.29 is 28.2 Å². The lowest BCUT2D eigenvalue weighted by molar-refractivity contribution is -0.149. The van der Waals surface area contributed by atoms with Gasteiger partial charge in [-0.25, -0.2) is 0 Å². The fourth-order valence-electron chi connectivity index (χ4n) is 5.48. The number of primary amides is 1. The average molecular weight is 600 g/mol. The van der Waals surface area contributed by atoms with E-state index in [2.05, 4.69) is 11.0 Å². The van der Waals surface area contributed by atoms with Crippen LogP contribution in [0.1, 0.15) is 48.8 Å². The van der Waals surface area contributed by atoms with E-state index in [9.17, 15) is 18.7 Å². The highest BCUT2D eigenvalue weighted by atomic mass is 35.5. The molecule has 1 atom stereocenters. The van der Waals surface area contributed by atoms with Crippen LogP contribution in [0.2, 0.25) is 10.0 Å². The van der Waals surface area contributed by atoms with Crippen molar-refractivity contribution in [3.63, 3.8) is 0 Å². The quantitative estimate of drug-likeness (QED) is 0.400. The van der Waals surface area contributed by atoms with Crippen LogP contribution in [0, 0.1) is 5.92 Å². The Morgan fingerprint density at radius 2 is 1.80 bits per heavy atom. The van der Waals surface area contributed by atoms with Gasteiger partial charge in [-0.3, -0.25) is 4.79 Å². The first-order valence-corrected chi connectivity index (χ1v) is 14.7. The van der Waals surface area contributed by atoms with Crippen molar-refractivity contribution in [2.45, 2.75) is 62.9 Å². The molecular formula is C30H38Cl2F2N2O4. The summed E-state index contributed by atoms with van der Waals surface area (Å²) in [6, 6.07) is 11.0. The van der Waals surface area contributed by atoms with E-state index in [1.807, 2.05) is 12.1 Å². The zero-order valence-electron chi connectivity index (χ0n) is 22.6. The van der Waals surface area contributed by atoms with E-state index in [0.29, 0.717) is 41.9 Å². The Morgan fingerprint density at radius 1 is 1.10 bits per heavy atom. The van der Waals surface area contributed by atoms with E-state index in [1.165, 1.54) is 38.0 Å². The summed E-state index contributed by atoms with van der Waals surface area (Å²) in [6.45, 7) is 5.12. The molecule has 2 heterocycles. The number of alkyl halides is 2. The summed E-state index contributed by atoms with van der Waals surface area (Å²) in [5, 5.41) is 11.6. The minimum Gasteiger partial charge on any atom is -0.489 e. The molecule has 3 N–H and O–H groups in total. The van der Waals surface area contributed by atoms with Crippen LogP contribution in [-0.4, -0.2) is 66.9 Å². The van der Waals surface area contributed by atoms with Gasteiger partial charge in [0.25, 0.3) is 5.91 Å². The van der Waals surface area contributed by atoms with E-state index >= 15 is 0 Å². The lowest BCUT2D eigenvalue weighted by atomic mass is 9.96. The number of hydrogen-bond acceptors (Lipinski definition) is 5. The molecule has 5 rings (SSSR count). The highest BCUT2D eigenvalue weighted by Crippen LogP contribution is 2.38. The number of aryl methyl sites for hydroxylation is 1. The summed E-state index contributed by atoms with van der Waals surface area (Å²) in [7, 11) is 0. The van der Waals surface area contributed by atoms with Crippen LogP contribution in [0.15, 0.2) is 36.4 Å². The minimum absolute atomic E-state index is 0.145. The van der Waals surface area contributed by atoms with Crippen molar-refractivity contribution in [1.29, 1.82) is 0 Å². The molecule has 1 unspecified atom stereocenters. The fourth-order valence-corrected chi connectivity index (χ4v) is 5.93. The Kier molecular flexibility index (Phi) is 10.7. The number of carbonyl (C=O) groups is 1. The van der Waals surface area contributed by atoms with Gasteiger partial charge in [-0.2, -0.15) is 8.78 Å². The van der Waals surface area contributed by atoms with Crippen molar-refractivity contribution in [2.75, 3.05) is 39.5 Å². The molecule has 3 aliphatic rings. The molecular weight excluding hydrogens is 561 g/mol. The third kappa shape index (κ3) is 8.29. The maximum atomic E-state index is 13.4. The van der Waals surface area contributed by atoms with Crippen molar-refractivity contribution in [3.8, 4) is 5.75 Å². The topological polar surface area (TPSA) is 85.0 Å². The number of amides is 1. The van der Waals surface area contributed by atoms with Crippen molar-refractivity contribution >= 4 is 29.1 Å². The monoisotopic (exact) mass is 598 g/mol. The Labute approximate surface area is 244 Å². The molecule has 40 heavy (non-hydrogen) atoms. The van der Waals surface area contributed by atoms with Gasteiger partial charge in [-0.05, 0) is 99.1 Å². The molecule has 6 nitrogen and oxygen atoms in total. The predicted octanol–water partition coefficient (Wildman–Crippen LogP) is 5.46. The average Bonchev–Trinajstić information content (AvgIpc) is 3.59. The lowest BCUT2D eigenvalue weighted by Gasteiger charge is -2.31. The zero-order chi connectivity index (χ0) is 28.8. The normalized spacial score (nSPS) is 20.5. The van der Waals surface area contributed by atoms with Gasteiger partial charge >= 0.3 is 5.92 Å². The van der Waals surface area contributed by atoms with E-state index in [4.69, 9.17) is 38.4 Å². The van der Waals surface area contributed by atoms with E-state index in [0.717, 1.165) is 24.0 Å². The summed E-state index contributed by atoms with van der Waals surface area (Å²) >= 11 is 12.1. The summed E-state index contributed by atoms with van der Waals surface area (Å²) in [6.07, 6.45) is 6.42. The Hall–Kier alpha value is -1.97. The van der Waals surface area contributed by atoms with Crippen LogP contribution < -0.4 is 10.5 Å². The molecule has 2 aliphatic heterocycles.